The monoisotopic (exact) mass is 2250 g/mol. The van der Waals surface area contributed by atoms with E-state index in [1.165, 1.54) is 0 Å². The van der Waals surface area contributed by atoms with Gasteiger partial charge in [-0.15, -0.1) is 0 Å². The van der Waals surface area contributed by atoms with Gasteiger partial charge in [0, 0.05) is 6.92 Å². The molecule has 0 aliphatic carbocycles. The summed E-state index contributed by atoms with van der Waals surface area (Å²) in [7, 11) is -58.5. The van der Waals surface area contributed by atoms with Gasteiger partial charge < -0.3 is 369 Å². The van der Waals surface area contributed by atoms with E-state index in [4.69, 9.17) is 102 Å². The van der Waals surface area contributed by atoms with Crippen molar-refractivity contribution in [3.05, 3.63) is 12.3 Å². The molecule has 81 nitrogen and oxygen atoms in total. The molecule has 0 saturated heterocycles. The highest BCUT2D eigenvalue weighted by molar-refractivity contribution is 7.45. The Morgan fingerprint density at radius 2 is 0.599 bits per heavy atom. The van der Waals surface area contributed by atoms with Crippen LogP contribution in [0.4, 0.5) is 0 Å². The third-order valence-corrected chi connectivity index (χ3v) is 15.6. The first-order valence-corrected chi connectivity index (χ1v) is 47.9. The van der Waals surface area contributed by atoms with E-state index in [1.807, 2.05) is 0 Å². The second-order valence-corrected chi connectivity index (χ2v) is 34.3. The van der Waals surface area contributed by atoms with Gasteiger partial charge in [-0.3, -0.25) is 19.2 Å². The fourth-order valence-electron chi connectivity index (χ4n) is 4.56. The number of phosphoric acid groups is 11. The van der Waals surface area contributed by atoms with Crippen molar-refractivity contribution >= 4 is 158 Å². The molecule has 818 valence electrons. The summed E-state index contributed by atoms with van der Waals surface area (Å²) < 4.78 is 146. The van der Waals surface area contributed by atoms with E-state index in [2.05, 4.69) is 56.3 Å². The maximum atomic E-state index is 11.1. The van der Waals surface area contributed by atoms with E-state index in [0.29, 0.717) is 0 Å². The summed E-state index contributed by atoms with van der Waals surface area (Å²) in [6.45, 7) is -9.22. The molecule has 0 aliphatic heterocycles. The van der Waals surface area contributed by atoms with Crippen molar-refractivity contribution in [2.75, 3.05) is 79.3 Å². The van der Waals surface area contributed by atoms with Gasteiger partial charge in [-0.25, -0.2) is 4.79 Å². The minimum atomic E-state index is -5.63. The number of phosphoric ester groups is 11. The first-order valence-electron chi connectivity index (χ1n) is 31.8. The van der Waals surface area contributed by atoms with Crippen molar-refractivity contribution in [3.8, 4) is 0 Å². The molecule has 21 N–H and O–H groups in total. The number of hydrogen-bond acceptors (Lipinski definition) is 81. The fourth-order valence-corrected chi connectivity index (χ4v) is 8.29. The average molecular weight is 2250 g/mol. The molecule has 0 fully saturated rings. The van der Waals surface area contributed by atoms with Gasteiger partial charge in [0.05, 0.1) is 135 Å². The topological polar surface area (TPSA) is 1520 Å². The normalized spacial score (nSPS) is 15.8. The zero-order valence-corrected chi connectivity index (χ0v) is 76.0. The van der Waals surface area contributed by atoms with Gasteiger partial charge in [0.25, 0.3) is 0 Å². The predicted molar refractivity (Wildman–Crippen MR) is 347 cm³/mol. The summed E-state index contributed by atoms with van der Waals surface area (Å²) in [4.78, 5) is 336. The number of rotatable bonds is 53. The first-order chi connectivity index (χ1) is 60.8. The molecule has 18 atom stereocenters. The zero-order valence-electron chi connectivity index (χ0n) is 66.1. The molecule has 137 heavy (non-hydrogen) atoms. The van der Waals surface area contributed by atoms with E-state index in [0.717, 1.165) is 6.92 Å². The molecule has 18 unspecified atom stereocenters. The van der Waals surface area contributed by atoms with Gasteiger partial charge >= 0.3 is 5.97 Å². The molecule has 92 heteroatoms. The van der Waals surface area contributed by atoms with Gasteiger partial charge in [0.1, 0.15) is 164 Å². The molecule has 0 bridgehead atoms. The summed E-state index contributed by atoms with van der Waals surface area (Å²) in [6.07, 6.45) is -35.9. The van der Waals surface area contributed by atoms with Crippen LogP contribution in [0.15, 0.2) is 12.3 Å². The van der Waals surface area contributed by atoms with E-state index in [-0.39, 0.29) is 18.9 Å². The summed E-state index contributed by atoms with van der Waals surface area (Å²) in [5.74, 6) is -15.0. The zero-order chi connectivity index (χ0) is 112. The molecule has 0 saturated carbocycles. The molecular formula is C45H71O81P11-26. The molecule has 0 aromatic carbocycles. The standard InChI is InChI=1S/C6H14O12P2.2C6H13O9P.C6H12O6.C3H8O10P2.2C3H7O7P.2C3H7O6P.C3H5O6P.C3H4O3/c7-3(1-17-19(11,12)13)5(9)6(10)4(8)2-18-20(14,15)16;2*7-1-3(8)5(10)6(11)4(9)2-15-16(12,13)14;7-1-3(9)5(11)6(12)4(10)2-8;4-2(1-12-14(6,7)8)3(5)13-15(9,10)11;4-2(3(5)6)1-10-11(7,8)9;4-1-2(3(5)6)10-11(7,8)9;2*4-1-3(5)2-9-10(6,7)8;1-2(3(4)5)9-10(6,7)8;1-2(4)3(5)6/h3,5-7,9-10H,1-2H2,(H2,11,12,13)(H2,14,15,16);4-7,9-11H,1-2H2,(H2,12,13,14);1,3-6,8-11H,2H2,(H2,12,13,14);1,3-6,8-12H,2H2;2,4H,1H2,(H2,6,7,8)(H2,9,10,11);2*2,4H,1H2,(H,5,6)(H2,7,8,9);4H,1-2H2,(H2,6,7,8);1,3,5H,2H2,(H2,6,7,8);1H2,(H,4,5)(H2,6,7,8);1H3,(H,5,6)/p-26. The van der Waals surface area contributed by atoms with Crippen LogP contribution < -0.4 is 128 Å². The van der Waals surface area contributed by atoms with E-state index in [9.17, 15) is 241 Å². The minimum absolute atomic E-state index is 0.0258. The number of carbonyl (C=O) groups is 12. The molecule has 0 aliphatic rings. The number of aldehydes is 3. The van der Waals surface area contributed by atoms with Crippen LogP contribution >= 0.6 is 86.0 Å². The molecule has 0 radical (unpaired) electrons. The molecule has 0 heterocycles. The second-order valence-electron chi connectivity index (χ2n) is 21.8. The Morgan fingerprint density at radius 1 is 0.314 bits per heavy atom. The highest BCUT2D eigenvalue weighted by Crippen LogP contribution is 2.32. The van der Waals surface area contributed by atoms with Crippen LogP contribution in [-0.4, -0.2) is 368 Å². The van der Waals surface area contributed by atoms with Gasteiger partial charge in [-0.05, 0) is 0 Å². The van der Waals surface area contributed by atoms with E-state index < -0.39 is 334 Å². The van der Waals surface area contributed by atoms with Crippen LogP contribution in [0.1, 0.15) is 6.92 Å². The number of Topliss-reactive ketones (excluding diaryl/α,β-unsaturated/α-hetero) is 4. The summed E-state index contributed by atoms with van der Waals surface area (Å²) in [5, 5.41) is 222. The van der Waals surface area contributed by atoms with Crippen LogP contribution in [-0.2, 0) is 158 Å². The highest BCUT2D eigenvalue weighted by atomic mass is 31.2. The number of aliphatic carboxylic acids is 4. The lowest BCUT2D eigenvalue weighted by molar-refractivity contribution is -0.354. The smallest absolute Gasteiger partial charge is 0.340 e. The van der Waals surface area contributed by atoms with Crippen molar-refractivity contribution in [1.29, 1.82) is 0 Å². The molecule has 0 rings (SSSR count). The second kappa shape index (κ2) is 75.7. The van der Waals surface area contributed by atoms with Crippen LogP contribution in [0.3, 0.4) is 0 Å². The van der Waals surface area contributed by atoms with Gasteiger partial charge in [-0.2, -0.15) is 0 Å². The first kappa shape index (κ1) is 155. The molecular weight excluding hydrogens is 2180 g/mol. The van der Waals surface area contributed by atoms with Crippen molar-refractivity contribution in [2.24, 2.45) is 0 Å². The van der Waals surface area contributed by atoms with Crippen molar-refractivity contribution in [1.82, 2.24) is 0 Å². The third-order valence-electron chi connectivity index (χ3n) is 10.5. The van der Waals surface area contributed by atoms with E-state index >= 15 is 0 Å². The number of carbonyl (C=O) groups excluding carboxylic acids is 12. The minimum Gasteiger partial charge on any atom is -0.790 e. The van der Waals surface area contributed by atoms with Crippen molar-refractivity contribution in [2.45, 2.75) is 117 Å². The lowest BCUT2D eigenvalue weighted by Gasteiger charge is -2.32. The lowest BCUT2D eigenvalue weighted by atomic mass is 10.0. The fraction of sp³-hybridized carbons (Fsp3) is 0.689. The lowest BCUT2D eigenvalue weighted by Crippen LogP contribution is -2.46. The average Bonchev–Trinajstić information content (AvgIpc) is 0.887. The van der Waals surface area contributed by atoms with Crippen molar-refractivity contribution in [3.63, 3.8) is 0 Å². The number of carboxylic acid groups (broad SMARTS) is 4. The van der Waals surface area contributed by atoms with Gasteiger partial charge in [-0.1, -0.05) is 6.58 Å². The van der Waals surface area contributed by atoms with Crippen LogP contribution in [0.25, 0.3) is 0 Å². The predicted octanol–water partition coefficient (Wildman–Crippen LogP) is -40.4. The Morgan fingerprint density at radius 3 is 0.825 bits per heavy atom. The maximum Gasteiger partial charge on any atom is 0.340 e. The molecule has 0 aromatic rings. The van der Waals surface area contributed by atoms with E-state index in [1.54, 1.807) is 0 Å². The molecule has 0 spiro atoms. The Kier molecular flexibility index (Phi) is 85.6. The summed E-state index contributed by atoms with van der Waals surface area (Å²) >= 11 is 0. The number of ketones is 4. The summed E-state index contributed by atoms with van der Waals surface area (Å²) in [5.41, 5.74) is 0. The Hall–Kier alpha value is -4.97. The quantitative estimate of drug-likeness (QED) is 0.00884. The Labute approximate surface area is 757 Å². The Bertz CT molecular complexity index is 4080. The molecule has 0 aromatic heterocycles. The van der Waals surface area contributed by atoms with Gasteiger partial charge in [0.2, 0.25) is 0 Å². The maximum absolute atomic E-state index is 11.1. The third kappa shape index (κ3) is 111. The Balaban J connectivity index is -0.000000143. The summed E-state index contributed by atoms with van der Waals surface area (Å²) in [6, 6.07) is 0. The number of hydrogen-bond donors (Lipinski definition) is 21. The number of aliphatic hydroxyl groups excluding tert-OH is 21. The largest absolute Gasteiger partial charge is 0.790 e. The van der Waals surface area contributed by atoms with Crippen LogP contribution in [0.2, 0.25) is 0 Å². The highest BCUT2D eigenvalue weighted by Gasteiger charge is 2.34. The number of aliphatic hydroxyl groups is 21. The van der Waals surface area contributed by atoms with Crippen LogP contribution in [0, 0.1) is 0 Å². The SMILES string of the molecule is C=C(OP(=O)([O-])[O-])C(=O)[O-].CC(=O)C(=O)[O-].O=C(CO)C(O)C(O)C(O)COP(=O)([O-])[O-].O=C(CO)COP(=O)([O-])[O-].O=C(COP(=O)([O-])[O-])C(O)C(O)C(O)COP(=O)([O-])[O-].O=C(OP(=O)([O-])[O-])C(O)COP(=O)([O-])[O-].O=C([O-])C(CO)OP(=O)([O-])[O-].O=C([O-])C(O)COP(=O)([O-])[O-].O=CC(O)C(O)C(O)C(O)CO.O=CC(O)C(O)C(O)C(O)COP(=O)([O-])[O-].O=CC(O)COP(=O)([O-])[O-]. The van der Waals surface area contributed by atoms with Crippen molar-refractivity contribution < 1.29 is 393 Å². The van der Waals surface area contributed by atoms with Gasteiger partial charge in [0.15, 0.2) is 48.1 Å². The molecule has 0 amide bonds. The van der Waals surface area contributed by atoms with Crippen LogP contribution in [0.5, 0.6) is 0 Å². The number of carboxylic acids is 4.